The van der Waals surface area contributed by atoms with Crippen LogP contribution in [-0.2, 0) is 16.8 Å². The Morgan fingerprint density at radius 3 is 2.78 bits per heavy atom. The number of rotatable bonds is 6. The molecule has 18 heavy (non-hydrogen) atoms. The summed E-state index contributed by atoms with van der Waals surface area (Å²) in [5, 5.41) is 7.31. The minimum atomic E-state index is -0.292. The molecular formula is C13H23N3O2. The lowest BCUT2D eigenvalue weighted by atomic mass is 10.0. The van der Waals surface area contributed by atoms with Crippen LogP contribution in [0.5, 0.6) is 0 Å². The number of nitrogens with zero attached hydrogens (tertiary/aromatic N) is 2. The monoisotopic (exact) mass is 253 g/mol. The fraction of sp³-hybridized carbons (Fsp3) is 0.846. The van der Waals surface area contributed by atoms with E-state index in [9.17, 15) is 0 Å². The largest absolute Gasteiger partial charge is 0.367 e. The van der Waals surface area contributed by atoms with Gasteiger partial charge < -0.3 is 14.6 Å². The van der Waals surface area contributed by atoms with E-state index < -0.39 is 0 Å². The molecule has 2 rings (SSSR count). The van der Waals surface area contributed by atoms with E-state index in [4.69, 9.17) is 9.26 Å². The average molecular weight is 253 g/mol. The first-order valence-electron chi connectivity index (χ1n) is 6.84. The minimum absolute atomic E-state index is 0.292. The summed E-state index contributed by atoms with van der Waals surface area (Å²) in [7, 11) is 1.93. The van der Waals surface area contributed by atoms with Gasteiger partial charge in [0, 0.05) is 19.1 Å². The van der Waals surface area contributed by atoms with Gasteiger partial charge in [-0.05, 0) is 46.6 Å². The molecule has 102 valence electrons. The molecule has 1 saturated carbocycles. The van der Waals surface area contributed by atoms with Crippen LogP contribution < -0.4 is 5.32 Å². The van der Waals surface area contributed by atoms with Gasteiger partial charge in [-0.15, -0.1) is 0 Å². The summed E-state index contributed by atoms with van der Waals surface area (Å²) in [4.78, 5) is 4.53. The second kappa shape index (κ2) is 5.80. The Bertz CT molecular complexity index is 372. The lowest BCUT2D eigenvalue weighted by Gasteiger charge is -2.24. The predicted molar refractivity (Wildman–Crippen MR) is 68.3 cm³/mol. The van der Waals surface area contributed by atoms with Gasteiger partial charge in [-0.25, -0.2) is 0 Å². The molecule has 1 fully saturated rings. The molecule has 1 atom stereocenters. The van der Waals surface area contributed by atoms with Crippen molar-refractivity contribution in [2.24, 2.45) is 0 Å². The highest BCUT2D eigenvalue weighted by Gasteiger charge is 2.40. The molecule has 0 saturated heterocycles. The fourth-order valence-corrected chi connectivity index (χ4v) is 2.54. The van der Waals surface area contributed by atoms with Crippen molar-refractivity contribution >= 4 is 0 Å². The third-order valence-corrected chi connectivity index (χ3v) is 3.68. The fourth-order valence-electron chi connectivity index (χ4n) is 2.54. The van der Waals surface area contributed by atoms with Crippen molar-refractivity contribution in [2.75, 3.05) is 13.7 Å². The van der Waals surface area contributed by atoms with Crippen molar-refractivity contribution in [1.82, 2.24) is 15.5 Å². The Labute approximate surface area is 108 Å². The second-order valence-electron chi connectivity index (χ2n) is 5.04. The number of hydrogen-bond acceptors (Lipinski definition) is 5. The van der Waals surface area contributed by atoms with Crippen LogP contribution in [-0.4, -0.2) is 29.8 Å². The van der Waals surface area contributed by atoms with Crippen LogP contribution in [0, 0.1) is 0 Å². The van der Waals surface area contributed by atoms with Gasteiger partial charge in [-0.1, -0.05) is 5.16 Å². The predicted octanol–water partition coefficient (Wildman–Crippen LogP) is 2.03. The van der Waals surface area contributed by atoms with Gasteiger partial charge >= 0.3 is 0 Å². The molecule has 1 aliphatic rings. The molecule has 1 unspecified atom stereocenters. The van der Waals surface area contributed by atoms with Crippen LogP contribution in [0.25, 0.3) is 0 Å². The third kappa shape index (κ3) is 2.72. The van der Waals surface area contributed by atoms with Gasteiger partial charge in [0.2, 0.25) is 11.7 Å². The highest BCUT2D eigenvalue weighted by atomic mass is 16.5. The number of hydrogen-bond donors (Lipinski definition) is 1. The average Bonchev–Trinajstić information content (AvgIpc) is 2.99. The molecule has 5 nitrogen and oxygen atoms in total. The van der Waals surface area contributed by atoms with Crippen molar-refractivity contribution in [3.63, 3.8) is 0 Å². The number of nitrogens with one attached hydrogen (secondary N) is 1. The van der Waals surface area contributed by atoms with E-state index in [1.807, 2.05) is 14.0 Å². The van der Waals surface area contributed by atoms with Crippen LogP contribution in [0.3, 0.4) is 0 Å². The maximum Gasteiger partial charge on any atom is 0.228 e. The zero-order valence-corrected chi connectivity index (χ0v) is 11.5. The lowest BCUT2D eigenvalue weighted by Crippen LogP contribution is -2.28. The normalized spacial score (nSPS) is 20.2. The number of likely N-dealkylation sites (N-methyl/N-ethyl adjacent to an activating group) is 1. The van der Waals surface area contributed by atoms with E-state index in [-0.39, 0.29) is 5.60 Å². The molecule has 0 amide bonds. The Kier molecular flexibility index (Phi) is 4.35. The smallest absolute Gasteiger partial charge is 0.228 e. The summed E-state index contributed by atoms with van der Waals surface area (Å²) < 4.78 is 11.3. The van der Waals surface area contributed by atoms with Crippen molar-refractivity contribution in [1.29, 1.82) is 0 Å². The standard InChI is InChI=1S/C13H23N3O2/c1-4-17-13(7-5-6-8-13)12-15-11(18-16-12)9-10(2)14-3/h10,14H,4-9H2,1-3H3. The molecule has 0 radical (unpaired) electrons. The molecule has 0 bridgehead atoms. The van der Waals surface area contributed by atoms with E-state index in [2.05, 4.69) is 22.4 Å². The van der Waals surface area contributed by atoms with Gasteiger partial charge in [0.25, 0.3) is 0 Å². The Morgan fingerprint density at radius 2 is 2.17 bits per heavy atom. The van der Waals surface area contributed by atoms with Gasteiger partial charge in [0.1, 0.15) is 5.60 Å². The maximum absolute atomic E-state index is 5.92. The molecule has 0 aliphatic heterocycles. The molecule has 0 spiro atoms. The van der Waals surface area contributed by atoms with Gasteiger partial charge in [0.05, 0.1) is 0 Å². The van der Waals surface area contributed by atoms with Crippen molar-refractivity contribution in [3.05, 3.63) is 11.7 Å². The molecule has 0 aromatic carbocycles. The zero-order valence-electron chi connectivity index (χ0n) is 11.5. The first-order chi connectivity index (χ1) is 8.70. The Hall–Kier alpha value is -0.940. The SMILES string of the molecule is CCOC1(c2noc(CC(C)NC)n2)CCCC1. The van der Waals surface area contributed by atoms with Crippen LogP contribution >= 0.6 is 0 Å². The number of ether oxygens (including phenoxy) is 1. The maximum atomic E-state index is 5.92. The van der Waals surface area contributed by atoms with Crippen LogP contribution in [0.4, 0.5) is 0 Å². The zero-order chi connectivity index (χ0) is 13.0. The molecule has 1 heterocycles. The number of aromatic nitrogens is 2. The Balaban J connectivity index is 2.12. The first-order valence-corrected chi connectivity index (χ1v) is 6.84. The van der Waals surface area contributed by atoms with Crippen LogP contribution in [0.1, 0.15) is 51.2 Å². The molecule has 1 aromatic rings. The summed E-state index contributed by atoms with van der Waals surface area (Å²) in [5.74, 6) is 1.43. The summed E-state index contributed by atoms with van der Waals surface area (Å²) in [6.07, 6.45) is 5.11. The van der Waals surface area contributed by atoms with Gasteiger partial charge in [-0.2, -0.15) is 4.98 Å². The van der Waals surface area contributed by atoms with Crippen LogP contribution in [0.2, 0.25) is 0 Å². The molecular weight excluding hydrogens is 230 g/mol. The summed E-state index contributed by atoms with van der Waals surface area (Å²) >= 11 is 0. The Morgan fingerprint density at radius 1 is 1.44 bits per heavy atom. The first kappa shape index (κ1) is 13.5. The molecule has 1 aliphatic carbocycles. The lowest BCUT2D eigenvalue weighted by molar-refractivity contribution is -0.0469. The van der Waals surface area contributed by atoms with E-state index >= 15 is 0 Å². The van der Waals surface area contributed by atoms with Crippen LogP contribution in [0.15, 0.2) is 4.52 Å². The molecule has 5 heteroatoms. The van der Waals surface area contributed by atoms with E-state index in [0.29, 0.717) is 18.5 Å². The van der Waals surface area contributed by atoms with Crippen molar-refractivity contribution in [3.8, 4) is 0 Å². The van der Waals surface area contributed by atoms with Gasteiger partial charge in [0.15, 0.2) is 0 Å². The van der Waals surface area contributed by atoms with Crippen molar-refractivity contribution < 1.29 is 9.26 Å². The topological polar surface area (TPSA) is 60.2 Å². The quantitative estimate of drug-likeness (QED) is 0.840. The second-order valence-corrected chi connectivity index (χ2v) is 5.04. The van der Waals surface area contributed by atoms with E-state index in [0.717, 1.165) is 25.1 Å². The minimum Gasteiger partial charge on any atom is -0.367 e. The third-order valence-electron chi connectivity index (χ3n) is 3.68. The van der Waals surface area contributed by atoms with E-state index in [1.165, 1.54) is 12.8 Å². The summed E-state index contributed by atoms with van der Waals surface area (Å²) in [5.41, 5.74) is -0.292. The highest BCUT2D eigenvalue weighted by Crippen LogP contribution is 2.40. The molecule has 1 aromatic heterocycles. The van der Waals surface area contributed by atoms with Crippen molar-refractivity contribution in [2.45, 2.75) is 57.6 Å². The molecule has 1 N–H and O–H groups in total. The highest BCUT2D eigenvalue weighted by molar-refractivity contribution is 5.05. The van der Waals surface area contributed by atoms with E-state index in [1.54, 1.807) is 0 Å². The van der Waals surface area contributed by atoms with Gasteiger partial charge in [-0.3, -0.25) is 0 Å². The summed E-state index contributed by atoms with van der Waals surface area (Å²) in [6.45, 7) is 4.80. The summed E-state index contributed by atoms with van der Waals surface area (Å²) in [6, 6.07) is 0.338.